The number of nitrogens with zero attached hydrogens (tertiary/aromatic N) is 2. The molecular formula is C12H6BrF2N3OS. The highest BCUT2D eigenvalue weighted by atomic mass is 79.9. The highest BCUT2D eigenvalue weighted by Gasteiger charge is 2.20. The van der Waals surface area contributed by atoms with Crippen molar-refractivity contribution in [1.82, 2.24) is 9.97 Å². The molecule has 0 saturated heterocycles. The molecule has 8 heteroatoms. The fourth-order valence-electron chi connectivity index (χ4n) is 1.60. The molecule has 0 saturated carbocycles. The van der Waals surface area contributed by atoms with Crippen molar-refractivity contribution in [2.45, 2.75) is 5.16 Å². The zero-order valence-electron chi connectivity index (χ0n) is 10.00. The van der Waals surface area contributed by atoms with Crippen molar-refractivity contribution in [3.63, 3.8) is 0 Å². The molecule has 0 aliphatic heterocycles. The van der Waals surface area contributed by atoms with Crippen molar-refractivity contribution >= 4 is 27.7 Å². The summed E-state index contributed by atoms with van der Waals surface area (Å²) in [7, 11) is 0. The molecule has 0 atom stereocenters. The van der Waals surface area contributed by atoms with Gasteiger partial charge in [-0.05, 0) is 28.3 Å². The Balaban J connectivity index is 2.86. The average molecular weight is 358 g/mol. The molecule has 0 fully saturated rings. The molecule has 0 unspecified atom stereocenters. The predicted molar refractivity (Wildman–Crippen MR) is 74.4 cm³/mol. The van der Waals surface area contributed by atoms with Gasteiger partial charge in [-0.25, -0.2) is 13.8 Å². The van der Waals surface area contributed by atoms with Crippen LogP contribution in [0.1, 0.15) is 5.56 Å². The second-order valence-electron chi connectivity index (χ2n) is 3.66. The Kier molecular flexibility index (Phi) is 4.20. The number of benzene rings is 1. The number of halogens is 3. The summed E-state index contributed by atoms with van der Waals surface area (Å²) in [4.78, 5) is 18.2. The molecule has 0 bridgehead atoms. The van der Waals surface area contributed by atoms with E-state index in [0.717, 1.165) is 17.8 Å². The zero-order valence-corrected chi connectivity index (χ0v) is 12.4. The van der Waals surface area contributed by atoms with Gasteiger partial charge in [0, 0.05) is 10.5 Å². The van der Waals surface area contributed by atoms with Crippen molar-refractivity contribution in [3.05, 3.63) is 44.2 Å². The van der Waals surface area contributed by atoms with E-state index in [2.05, 4.69) is 25.9 Å². The molecule has 2 aromatic rings. The topological polar surface area (TPSA) is 69.5 Å². The van der Waals surface area contributed by atoms with Crippen LogP contribution in [0.4, 0.5) is 8.78 Å². The molecule has 0 aliphatic rings. The van der Waals surface area contributed by atoms with Crippen LogP contribution >= 0.6 is 27.7 Å². The number of H-pyrrole nitrogens is 1. The maximum absolute atomic E-state index is 13.9. The summed E-state index contributed by atoms with van der Waals surface area (Å²) >= 11 is 4.16. The van der Waals surface area contributed by atoms with Crippen LogP contribution in [0.15, 0.2) is 26.6 Å². The molecule has 0 spiro atoms. The van der Waals surface area contributed by atoms with Gasteiger partial charge in [0.1, 0.15) is 29.0 Å². The van der Waals surface area contributed by atoms with Gasteiger partial charge in [0.05, 0.1) is 5.56 Å². The van der Waals surface area contributed by atoms with E-state index in [1.807, 2.05) is 0 Å². The Bertz CT molecular complexity index is 762. The first-order valence-electron chi connectivity index (χ1n) is 5.21. The normalized spacial score (nSPS) is 10.3. The van der Waals surface area contributed by atoms with Crippen LogP contribution < -0.4 is 5.56 Å². The lowest BCUT2D eigenvalue weighted by Gasteiger charge is -2.08. The minimum Gasteiger partial charge on any atom is -0.300 e. The van der Waals surface area contributed by atoms with Crippen molar-refractivity contribution in [2.75, 3.05) is 6.26 Å². The van der Waals surface area contributed by atoms with Crippen LogP contribution in [-0.2, 0) is 0 Å². The maximum atomic E-state index is 13.9. The van der Waals surface area contributed by atoms with E-state index >= 15 is 0 Å². The lowest BCUT2D eigenvalue weighted by Crippen LogP contribution is -2.15. The maximum Gasteiger partial charge on any atom is 0.270 e. The third-order valence-electron chi connectivity index (χ3n) is 2.45. The van der Waals surface area contributed by atoms with Crippen molar-refractivity contribution in [2.24, 2.45) is 0 Å². The van der Waals surface area contributed by atoms with E-state index in [0.29, 0.717) is 6.07 Å². The number of nitrogens with one attached hydrogen (secondary N) is 1. The number of thioether (sulfide) groups is 1. The highest BCUT2D eigenvalue weighted by molar-refractivity contribution is 9.10. The first kappa shape index (κ1) is 14.7. The molecule has 1 N–H and O–H groups in total. The van der Waals surface area contributed by atoms with E-state index in [1.54, 1.807) is 12.3 Å². The van der Waals surface area contributed by atoms with Gasteiger partial charge in [-0.1, -0.05) is 11.8 Å². The number of aromatic amines is 1. The molecule has 0 amide bonds. The van der Waals surface area contributed by atoms with Gasteiger partial charge in [0.15, 0.2) is 5.16 Å². The number of hydrogen-bond donors (Lipinski definition) is 1. The van der Waals surface area contributed by atoms with Crippen molar-refractivity contribution in [1.29, 1.82) is 5.26 Å². The molecule has 1 aromatic heterocycles. The second-order valence-corrected chi connectivity index (χ2v) is 5.30. The highest BCUT2D eigenvalue weighted by Crippen LogP contribution is 2.32. The van der Waals surface area contributed by atoms with Gasteiger partial charge in [-0.3, -0.25) is 4.79 Å². The van der Waals surface area contributed by atoms with Crippen LogP contribution in [0.5, 0.6) is 0 Å². The average Bonchev–Trinajstić information content (AvgIpc) is 2.37. The molecule has 4 nitrogen and oxygen atoms in total. The fraction of sp³-hybridized carbons (Fsp3) is 0.0833. The number of aromatic nitrogens is 2. The quantitative estimate of drug-likeness (QED) is 0.662. The number of hydrogen-bond acceptors (Lipinski definition) is 4. The van der Waals surface area contributed by atoms with Crippen LogP contribution in [0.2, 0.25) is 0 Å². The molecule has 1 heterocycles. The van der Waals surface area contributed by atoms with Crippen LogP contribution in [0, 0.1) is 23.0 Å². The molecule has 0 aliphatic carbocycles. The lowest BCUT2D eigenvalue weighted by molar-refractivity contribution is 0.583. The summed E-state index contributed by atoms with van der Waals surface area (Å²) in [5, 5.41) is 9.27. The van der Waals surface area contributed by atoms with Crippen molar-refractivity contribution < 1.29 is 8.78 Å². The first-order valence-corrected chi connectivity index (χ1v) is 7.23. The summed E-state index contributed by atoms with van der Waals surface area (Å²) in [6.45, 7) is 0. The summed E-state index contributed by atoms with van der Waals surface area (Å²) in [5.41, 5.74) is -1.24. The summed E-state index contributed by atoms with van der Waals surface area (Å²) in [6.07, 6.45) is 1.67. The van der Waals surface area contributed by atoms with Gasteiger partial charge in [0.25, 0.3) is 5.56 Å². The number of nitriles is 1. The van der Waals surface area contributed by atoms with E-state index in [9.17, 15) is 13.6 Å². The Morgan fingerprint density at radius 2 is 2.15 bits per heavy atom. The minimum absolute atomic E-state index is 0.0802. The third-order valence-corrected chi connectivity index (χ3v) is 3.65. The lowest BCUT2D eigenvalue weighted by atomic mass is 10.1. The van der Waals surface area contributed by atoms with Gasteiger partial charge in [-0.15, -0.1) is 0 Å². The smallest absolute Gasteiger partial charge is 0.270 e. The van der Waals surface area contributed by atoms with Gasteiger partial charge < -0.3 is 4.98 Å². The summed E-state index contributed by atoms with van der Waals surface area (Å²) < 4.78 is 27.1. The molecular weight excluding hydrogens is 352 g/mol. The molecule has 20 heavy (non-hydrogen) atoms. The van der Waals surface area contributed by atoms with E-state index < -0.39 is 17.2 Å². The predicted octanol–water partition coefficient (Wildman–Crippen LogP) is 3.07. The fourth-order valence-corrected chi connectivity index (χ4v) is 2.58. The second kappa shape index (κ2) is 5.73. The van der Waals surface area contributed by atoms with Gasteiger partial charge in [-0.2, -0.15) is 5.26 Å². The first-order chi connectivity index (χ1) is 9.47. The van der Waals surface area contributed by atoms with Gasteiger partial charge >= 0.3 is 0 Å². The molecule has 2 rings (SSSR count). The van der Waals surface area contributed by atoms with Crippen LogP contribution in [0.3, 0.4) is 0 Å². The Morgan fingerprint density at radius 3 is 2.70 bits per heavy atom. The Labute approximate surface area is 125 Å². The van der Waals surface area contributed by atoms with Gasteiger partial charge in [0.2, 0.25) is 0 Å². The van der Waals surface area contributed by atoms with Crippen molar-refractivity contribution in [3.8, 4) is 17.3 Å². The Morgan fingerprint density at radius 1 is 1.45 bits per heavy atom. The molecule has 1 aromatic carbocycles. The minimum atomic E-state index is -0.904. The third kappa shape index (κ3) is 2.59. The van der Waals surface area contributed by atoms with E-state index in [-0.39, 0.29) is 26.4 Å². The molecule has 0 radical (unpaired) electrons. The standard InChI is InChI=1S/C12H6BrF2N3OS/c1-20-12-17-10(6(4-16)11(19)18-12)9-7(13)2-5(14)3-8(9)15/h2-3H,1H3,(H,17,18,19). The Hall–Kier alpha value is -1.72. The monoisotopic (exact) mass is 357 g/mol. The summed E-state index contributed by atoms with van der Waals surface area (Å²) in [6, 6.07) is 3.40. The van der Waals surface area contributed by atoms with E-state index in [4.69, 9.17) is 5.26 Å². The SMILES string of the molecule is CSc1nc(-c2c(F)cc(F)cc2Br)c(C#N)c(=O)[nH]1. The largest absolute Gasteiger partial charge is 0.300 e. The van der Waals surface area contributed by atoms with E-state index in [1.165, 1.54) is 0 Å². The summed E-state index contributed by atoms with van der Waals surface area (Å²) in [5.74, 6) is -1.68. The zero-order chi connectivity index (χ0) is 14.9. The number of rotatable bonds is 2. The van der Waals surface area contributed by atoms with Crippen LogP contribution in [0.25, 0.3) is 11.3 Å². The van der Waals surface area contributed by atoms with Crippen LogP contribution in [-0.4, -0.2) is 16.2 Å². The molecule has 102 valence electrons.